The highest BCUT2D eigenvalue weighted by molar-refractivity contribution is 9.10. The lowest BCUT2D eigenvalue weighted by atomic mass is 9.93. The van der Waals surface area contributed by atoms with Crippen LogP contribution in [0.4, 0.5) is 0 Å². The lowest BCUT2D eigenvalue weighted by Gasteiger charge is -2.36. The van der Waals surface area contributed by atoms with Gasteiger partial charge in [0.05, 0.1) is 23.9 Å². The second-order valence-corrected chi connectivity index (χ2v) is 10.9. The van der Waals surface area contributed by atoms with Crippen molar-refractivity contribution in [1.82, 2.24) is 19.6 Å². The normalized spacial score (nSPS) is 14.9. The Hall–Kier alpha value is -2.97. The zero-order chi connectivity index (χ0) is 27.2. The van der Waals surface area contributed by atoms with Gasteiger partial charge in [-0.05, 0) is 61.6 Å². The molecule has 0 radical (unpaired) electrons. The first-order chi connectivity index (χ1) is 18.4. The van der Waals surface area contributed by atoms with Crippen LogP contribution in [0.1, 0.15) is 77.2 Å². The van der Waals surface area contributed by atoms with Gasteiger partial charge in [0.2, 0.25) is 0 Å². The average Bonchev–Trinajstić information content (AvgIpc) is 3.32. The highest BCUT2D eigenvalue weighted by Crippen LogP contribution is 2.29. The molecule has 1 N–H and O–H groups in total. The van der Waals surface area contributed by atoms with Gasteiger partial charge in [-0.15, -0.1) is 0 Å². The van der Waals surface area contributed by atoms with Gasteiger partial charge in [0.25, 0.3) is 11.8 Å². The van der Waals surface area contributed by atoms with Crippen molar-refractivity contribution in [3.63, 3.8) is 0 Å². The van der Waals surface area contributed by atoms with Crippen molar-refractivity contribution in [2.75, 3.05) is 19.7 Å². The number of unbranched alkanes of at least 4 members (excludes halogenated alkanes) is 2. The van der Waals surface area contributed by atoms with E-state index in [1.54, 1.807) is 21.7 Å². The quantitative estimate of drug-likeness (QED) is 0.341. The molecule has 1 aliphatic rings. The summed E-state index contributed by atoms with van der Waals surface area (Å²) in [6, 6.07) is 15.1. The Morgan fingerprint density at radius 3 is 2.39 bits per heavy atom. The van der Waals surface area contributed by atoms with Gasteiger partial charge in [-0.2, -0.15) is 5.10 Å². The summed E-state index contributed by atoms with van der Waals surface area (Å²) in [6.07, 6.45) is 4.54. The molecule has 0 saturated carbocycles. The highest BCUT2D eigenvalue weighted by Gasteiger charge is 2.32. The molecule has 0 fully saturated rings. The molecule has 38 heavy (non-hydrogen) atoms. The molecule has 1 atom stereocenters. The van der Waals surface area contributed by atoms with Crippen LogP contribution in [0.25, 0.3) is 5.69 Å². The second kappa shape index (κ2) is 12.7. The van der Waals surface area contributed by atoms with Crippen LogP contribution in [-0.2, 0) is 13.0 Å². The number of aryl methyl sites for hydroxylation is 1. The second-order valence-electron chi connectivity index (χ2n) is 9.99. The molecule has 3 aromatic rings. The molecule has 2 aromatic carbocycles. The number of aromatic nitrogens is 2. The van der Waals surface area contributed by atoms with Crippen molar-refractivity contribution in [2.45, 2.75) is 65.5 Å². The number of aliphatic hydroxyl groups excluding tert-OH is 1. The molecule has 202 valence electrons. The Morgan fingerprint density at radius 2 is 1.74 bits per heavy atom. The Labute approximate surface area is 233 Å². The van der Waals surface area contributed by atoms with E-state index in [1.165, 1.54) is 0 Å². The number of rotatable bonds is 10. The summed E-state index contributed by atoms with van der Waals surface area (Å²) >= 11 is 3.52. The molecule has 0 saturated heterocycles. The zero-order valence-corrected chi connectivity index (χ0v) is 24.1. The average molecular weight is 582 g/mol. The van der Waals surface area contributed by atoms with E-state index in [0.717, 1.165) is 47.0 Å². The summed E-state index contributed by atoms with van der Waals surface area (Å²) < 4.78 is 2.46. The van der Waals surface area contributed by atoms with Gasteiger partial charge in [-0.25, -0.2) is 4.68 Å². The molecule has 1 aromatic heterocycles. The predicted octanol–water partition coefficient (Wildman–Crippen LogP) is 5.55. The first-order valence-electron chi connectivity index (χ1n) is 13.5. The number of hydrogen-bond acceptors (Lipinski definition) is 4. The van der Waals surface area contributed by atoms with Crippen LogP contribution in [0.2, 0.25) is 0 Å². The summed E-state index contributed by atoms with van der Waals surface area (Å²) in [5, 5.41) is 14.8. The molecule has 7 nitrogen and oxygen atoms in total. The molecular weight excluding hydrogens is 544 g/mol. The summed E-state index contributed by atoms with van der Waals surface area (Å²) in [7, 11) is 0. The maximum atomic E-state index is 14.0. The van der Waals surface area contributed by atoms with Gasteiger partial charge in [0.1, 0.15) is 0 Å². The third kappa shape index (κ3) is 6.02. The fraction of sp³-hybridized carbons (Fsp3) is 0.433. The first kappa shape index (κ1) is 28.0. The van der Waals surface area contributed by atoms with E-state index in [4.69, 9.17) is 5.10 Å². The van der Waals surface area contributed by atoms with Gasteiger partial charge in [-0.1, -0.05) is 66.9 Å². The van der Waals surface area contributed by atoms with Crippen molar-refractivity contribution >= 4 is 27.7 Å². The molecule has 2 heterocycles. The van der Waals surface area contributed by atoms with E-state index >= 15 is 0 Å². The number of halogens is 1. The minimum absolute atomic E-state index is 0.0771. The Morgan fingerprint density at radius 1 is 1.05 bits per heavy atom. The number of fused-ring (bicyclic) bond motifs is 1. The third-order valence-electron chi connectivity index (χ3n) is 7.20. The van der Waals surface area contributed by atoms with Gasteiger partial charge in [-0.3, -0.25) is 9.59 Å². The number of nitrogens with zero attached hydrogens (tertiary/aromatic N) is 4. The Kier molecular flexibility index (Phi) is 9.39. The molecule has 2 amide bonds. The van der Waals surface area contributed by atoms with Crippen molar-refractivity contribution in [3.8, 4) is 5.69 Å². The number of aliphatic hydroxyl groups is 1. The van der Waals surface area contributed by atoms with Crippen LogP contribution in [0.5, 0.6) is 0 Å². The summed E-state index contributed by atoms with van der Waals surface area (Å²) in [4.78, 5) is 31.1. The third-order valence-corrected chi connectivity index (χ3v) is 7.69. The topological polar surface area (TPSA) is 78.7 Å². The smallest absolute Gasteiger partial charge is 0.274 e. The lowest BCUT2D eigenvalue weighted by molar-refractivity contribution is 0.0544. The highest BCUT2D eigenvalue weighted by atomic mass is 79.9. The van der Waals surface area contributed by atoms with Crippen LogP contribution in [0, 0.1) is 6.92 Å². The van der Waals surface area contributed by atoms with Crippen LogP contribution in [0.3, 0.4) is 0 Å². The van der Waals surface area contributed by atoms with Crippen LogP contribution >= 0.6 is 15.9 Å². The van der Waals surface area contributed by atoms with Crippen molar-refractivity contribution < 1.29 is 14.7 Å². The minimum atomic E-state index is -0.314. The van der Waals surface area contributed by atoms with E-state index < -0.39 is 0 Å². The molecular formula is C30H37BrN4O3. The predicted molar refractivity (Wildman–Crippen MR) is 153 cm³/mol. The van der Waals surface area contributed by atoms with Gasteiger partial charge in [0.15, 0.2) is 5.69 Å². The fourth-order valence-electron chi connectivity index (χ4n) is 5.00. The molecule has 0 aliphatic carbocycles. The largest absolute Gasteiger partial charge is 0.394 e. The molecule has 1 aliphatic heterocycles. The standard InChI is InChI=1S/C30H37BrN4O3/c1-4-6-14-33(15-7-5-2)30(38)27-16-21(3)35(32-27)28-13-12-24(31)18-26(28)29(37)34-19-23-11-9-8-10-22(23)17-25(34)20-36/h8-13,16,18,25,36H,4-7,14-15,17,19-20H2,1-3H3/t25-/m0/s1. The molecule has 0 bridgehead atoms. The van der Waals surface area contributed by atoms with E-state index in [9.17, 15) is 14.7 Å². The van der Waals surface area contributed by atoms with Crippen LogP contribution in [0.15, 0.2) is 53.0 Å². The summed E-state index contributed by atoms with van der Waals surface area (Å²) in [6.45, 7) is 7.87. The van der Waals surface area contributed by atoms with Gasteiger partial charge in [0, 0.05) is 29.8 Å². The SMILES string of the molecule is CCCCN(CCCC)C(=O)c1cc(C)n(-c2ccc(Br)cc2C(=O)N2Cc3ccccc3C[C@H]2CO)n1. The number of benzene rings is 2. The number of amides is 2. The zero-order valence-electron chi connectivity index (χ0n) is 22.5. The van der Waals surface area contributed by atoms with E-state index in [1.807, 2.05) is 42.2 Å². The minimum Gasteiger partial charge on any atom is -0.394 e. The number of carbonyl (C=O) groups is 2. The number of carbonyl (C=O) groups excluding carboxylic acids is 2. The number of hydrogen-bond donors (Lipinski definition) is 1. The van der Waals surface area contributed by atoms with Crippen molar-refractivity contribution in [1.29, 1.82) is 0 Å². The maximum Gasteiger partial charge on any atom is 0.274 e. The Bertz CT molecular complexity index is 1280. The van der Waals surface area contributed by atoms with Gasteiger partial charge < -0.3 is 14.9 Å². The van der Waals surface area contributed by atoms with Gasteiger partial charge >= 0.3 is 0 Å². The molecule has 0 unspecified atom stereocenters. The van der Waals surface area contributed by atoms with E-state index in [0.29, 0.717) is 43.0 Å². The molecule has 0 spiro atoms. The Balaban J connectivity index is 1.68. The molecule has 8 heteroatoms. The maximum absolute atomic E-state index is 14.0. The summed E-state index contributed by atoms with van der Waals surface area (Å²) in [5.41, 5.74) is 4.49. The summed E-state index contributed by atoms with van der Waals surface area (Å²) in [5.74, 6) is -0.253. The van der Waals surface area contributed by atoms with Crippen molar-refractivity contribution in [2.24, 2.45) is 0 Å². The molecule has 4 rings (SSSR count). The van der Waals surface area contributed by atoms with Crippen LogP contribution in [-0.4, -0.2) is 62.2 Å². The van der Waals surface area contributed by atoms with Crippen LogP contribution < -0.4 is 0 Å². The van der Waals surface area contributed by atoms with E-state index in [2.05, 4.69) is 35.8 Å². The monoisotopic (exact) mass is 580 g/mol. The van der Waals surface area contributed by atoms with E-state index in [-0.39, 0.29) is 24.5 Å². The fourth-order valence-corrected chi connectivity index (χ4v) is 5.37. The first-order valence-corrected chi connectivity index (χ1v) is 14.3. The lowest BCUT2D eigenvalue weighted by Crippen LogP contribution is -2.46. The van der Waals surface area contributed by atoms with Crippen molar-refractivity contribution in [3.05, 3.63) is 81.1 Å².